The Morgan fingerprint density at radius 3 is 2.71 bits per heavy atom. The number of rotatable bonds is 4. The Labute approximate surface area is 198 Å². The Kier molecular flexibility index (Phi) is 6.00. The first-order chi connectivity index (χ1) is 16.4. The van der Waals surface area contributed by atoms with E-state index >= 15 is 0 Å². The normalized spacial score (nSPS) is 16.3. The molecule has 2 aliphatic heterocycles. The lowest BCUT2D eigenvalue weighted by Crippen LogP contribution is -2.36. The van der Waals surface area contributed by atoms with Crippen LogP contribution in [-0.4, -0.2) is 59.7 Å². The number of hydrogen-bond donors (Lipinski definition) is 1. The molecule has 0 spiro atoms. The lowest BCUT2D eigenvalue weighted by molar-refractivity contribution is 0.123. The van der Waals surface area contributed by atoms with Gasteiger partial charge >= 0.3 is 6.03 Å². The molecule has 2 aliphatic rings. The largest absolute Gasteiger partial charge is 0.378 e. The lowest BCUT2D eigenvalue weighted by atomic mass is 10.00. The highest BCUT2D eigenvalue weighted by Crippen LogP contribution is 2.34. The van der Waals surface area contributed by atoms with E-state index < -0.39 is 5.82 Å². The molecule has 7 nitrogen and oxygen atoms in total. The molecule has 1 saturated heterocycles. The monoisotopic (exact) mass is 463 g/mol. The van der Waals surface area contributed by atoms with Crippen molar-refractivity contribution in [2.75, 3.05) is 49.6 Å². The lowest BCUT2D eigenvalue weighted by Gasteiger charge is -2.29. The van der Waals surface area contributed by atoms with Crippen LogP contribution in [0.15, 0.2) is 42.2 Å². The number of benzene rings is 1. The van der Waals surface area contributed by atoms with Crippen molar-refractivity contribution in [2.45, 2.75) is 27.2 Å². The Hall–Kier alpha value is -3.39. The quantitative estimate of drug-likeness (QED) is 0.566. The topological polar surface area (TPSA) is 62.1 Å². The van der Waals surface area contributed by atoms with Crippen LogP contribution < -0.4 is 10.2 Å². The Morgan fingerprint density at radius 2 is 1.97 bits per heavy atom. The Balaban J connectivity index is 1.51. The van der Waals surface area contributed by atoms with Gasteiger partial charge in [0.05, 0.1) is 30.3 Å². The number of anilines is 2. The molecule has 2 aromatic heterocycles. The third-order valence-electron chi connectivity index (χ3n) is 6.61. The summed E-state index contributed by atoms with van der Waals surface area (Å²) in [5.41, 5.74) is 6.87. The molecule has 4 heterocycles. The molecule has 3 aromatic rings. The summed E-state index contributed by atoms with van der Waals surface area (Å²) in [6.45, 7) is 10.0. The van der Waals surface area contributed by atoms with Crippen molar-refractivity contribution in [3.05, 3.63) is 59.3 Å². The van der Waals surface area contributed by atoms with Gasteiger partial charge < -0.3 is 24.3 Å². The van der Waals surface area contributed by atoms with Gasteiger partial charge in [-0.3, -0.25) is 0 Å². The van der Waals surface area contributed by atoms with Gasteiger partial charge in [-0.2, -0.15) is 0 Å². The number of hydrogen-bond acceptors (Lipinski definition) is 4. The van der Waals surface area contributed by atoms with E-state index in [2.05, 4.69) is 29.3 Å². The highest BCUT2D eigenvalue weighted by atomic mass is 19.1. The summed E-state index contributed by atoms with van der Waals surface area (Å²) < 4.78 is 22.4. The number of halogens is 1. The maximum absolute atomic E-state index is 14.9. The summed E-state index contributed by atoms with van der Waals surface area (Å²) in [4.78, 5) is 21.5. The Morgan fingerprint density at radius 1 is 1.18 bits per heavy atom. The maximum atomic E-state index is 14.9. The van der Waals surface area contributed by atoms with Crippen LogP contribution in [0.3, 0.4) is 0 Å². The number of imidazole rings is 1. The molecule has 8 heteroatoms. The molecule has 0 aliphatic carbocycles. The van der Waals surface area contributed by atoms with E-state index in [0.717, 1.165) is 53.2 Å². The minimum Gasteiger partial charge on any atom is -0.378 e. The average Bonchev–Trinajstić information content (AvgIpc) is 3.46. The van der Waals surface area contributed by atoms with Crippen molar-refractivity contribution >= 4 is 23.1 Å². The highest BCUT2D eigenvalue weighted by molar-refractivity contribution is 5.91. The van der Waals surface area contributed by atoms with Crippen molar-refractivity contribution in [1.82, 2.24) is 14.3 Å². The molecule has 178 valence electrons. The van der Waals surface area contributed by atoms with E-state index in [1.54, 1.807) is 11.0 Å². The number of ether oxygens (including phenoxy) is 1. The molecule has 0 atom stereocenters. The van der Waals surface area contributed by atoms with Gasteiger partial charge in [0.2, 0.25) is 0 Å². The van der Waals surface area contributed by atoms with E-state index in [-0.39, 0.29) is 11.7 Å². The number of nitrogens with one attached hydrogen (secondary N) is 1. The maximum Gasteiger partial charge on any atom is 0.322 e. The van der Waals surface area contributed by atoms with Gasteiger partial charge in [0.25, 0.3) is 0 Å². The van der Waals surface area contributed by atoms with E-state index in [9.17, 15) is 9.18 Å². The molecule has 0 unspecified atom stereocenters. The van der Waals surface area contributed by atoms with Crippen molar-refractivity contribution in [3.8, 4) is 11.1 Å². The van der Waals surface area contributed by atoms with Crippen molar-refractivity contribution in [2.24, 2.45) is 0 Å². The van der Waals surface area contributed by atoms with Gasteiger partial charge in [-0.25, -0.2) is 14.2 Å². The van der Waals surface area contributed by atoms with Gasteiger partial charge in [0.15, 0.2) is 5.65 Å². The molecule has 0 radical (unpaired) electrons. The standard InChI is InChI=1S/C26H30FN5O2/c1-4-19-5-6-31(15-19)26(33)29-23-13-21(17(2)11-22(23)27)20-12-24(30-7-9-34-10-8-30)25-28-18(3)14-32(25)16-20/h5,11-14,16H,4,6-10,15H2,1-3H3,(H,29,33). The second-order valence-corrected chi connectivity index (χ2v) is 9.00. The molecule has 1 N–H and O–H groups in total. The van der Waals surface area contributed by atoms with Gasteiger partial charge in [-0.15, -0.1) is 0 Å². The molecule has 5 rings (SSSR count). The SMILES string of the molecule is CCC1=CCN(C(=O)Nc2cc(-c3cc(N4CCOCC4)c4nc(C)cn4c3)c(C)cc2F)C1. The second kappa shape index (κ2) is 9.10. The van der Waals surface area contributed by atoms with Crippen molar-refractivity contribution < 1.29 is 13.9 Å². The van der Waals surface area contributed by atoms with E-state index in [4.69, 9.17) is 9.72 Å². The molecular formula is C26H30FN5O2. The van der Waals surface area contributed by atoms with Crippen molar-refractivity contribution in [1.29, 1.82) is 0 Å². The highest BCUT2D eigenvalue weighted by Gasteiger charge is 2.22. The van der Waals surface area contributed by atoms with Gasteiger partial charge in [-0.05, 0) is 49.6 Å². The van der Waals surface area contributed by atoms with E-state index in [1.165, 1.54) is 11.6 Å². The minimum absolute atomic E-state index is 0.186. The van der Waals surface area contributed by atoms with Gasteiger partial charge in [0, 0.05) is 44.1 Å². The third-order valence-corrected chi connectivity index (χ3v) is 6.61. The number of morpholine rings is 1. The summed E-state index contributed by atoms with van der Waals surface area (Å²) in [5.74, 6) is -0.439. The molecule has 0 bridgehead atoms. The van der Waals surface area contributed by atoms with Crippen LogP contribution in [0, 0.1) is 19.7 Å². The zero-order valence-corrected chi connectivity index (χ0v) is 19.9. The van der Waals surface area contributed by atoms with Crippen LogP contribution in [0.4, 0.5) is 20.6 Å². The fraction of sp³-hybridized carbons (Fsp3) is 0.385. The zero-order chi connectivity index (χ0) is 23.8. The number of aromatic nitrogens is 2. The van der Waals surface area contributed by atoms with Crippen LogP contribution in [0.5, 0.6) is 0 Å². The third kappa shape index (κ3) is 4.25. The Bertz CT molecular complexity index is 1280. The second-order valence-electron chi connectivity index (χ2n) is 9.00. The number of pyridine rings is 1. The molecule has 1 aromatic carbocycles. The van der Waals surface area contributed by atoms with Crippen LogP contribution in [0.25, 0.3) is 16.8 Å². The summed E-state index contributed by atoms with van der Waals surface area (Å²) in [6.07, 6.45) is 6.99. The number of aryl methyl sites for hydroxylation is 2. The fourth-order valence-corrected chi connectivity index (χ4v) is 4.69. The summed E-state index contributed by atoms with van der Waals surface area (Å²) in [6, 6.07) is 5.04. The van der Waals surface area contributed by atoms with Crippen molar-refractivity contribution in [3.63, 3.8) is 0 Å². The molecule has 0 saturated carbocycles. The number of urea groups is 1. The van der Waals surface area contributed by atoms with E-state index in [0.29, 0.717) is 26.3 Å². The van der Waals surface area contributed by atoms with Crippen LogP contribution in [0.2, 0.25) is 0 Å². The first kappa shape index (κ1) is 22.4. The number of carbonyl (C=O) groups excluding carboxylic acids is 1. The predicted octanol–water partition coefficient (Wildman–Crippen LogP) is 4.78. The van der Waals surface area contributed by atoms with Crippen LogP contribution in [0.1, 0.15) is 24.6 Å². The summed E-state index contributed by atoms with van der Waals surface area (Å²) in [5, 5.41) is 2.79. The minimum atomic E-state index is -0.439. The number of amides is 2. The van der Waals surface area contributed by atoms with Gasteiger partial charge in [0.1, 0.15) is 5.82 Å². The first-order valence-electron chi connectivity index (χ1n) is 11.8. The number of fused-ring (bicyclic) bond motifs is 1. The molecular weight excluding hydrogens is 433 g/mol. The molecule has 1 fully saturated rings. The zero-order valence-electron chi connectivity index (χ0n) is 19.9. The summed E-state index contributed by atoms with van der Waals surface area (Å²) in [7, 11) is 0. The number of nitrogens with zero attached hydrogens (tertiary/aromatic N) is 4. The fourth-order valence-electron chi connectivity index (χ4n) is 4.69. The first-order valence-corrected chi connectivity index (χ1v) is 11.8. The average molecular weight is 464 g/mol. The summed E-state index contributed by atoms with van der Waals surface area (Å²) >= 11 is 0. The number of carbonyl (C=O) groups is 1. The molecule has 34 heavy (non-hydrogen) atoms. The predicted molar refractivity (Wildman–Crippen MR) is 132 cm³/mol. The smallest absolute Gasteiger partial charge is 0.322 e. The van der Waals surface area contributed by atoms with Crippen LogP contribution in [-0.2, 0) is 4.74 Å². The molecule has 2 amide bonds. The van der Waals surface area contributed by atoms with E-state index in [1.807, 2.05) is 30.6 Å². The van der Waals surface area contributed by atoms with Crippen LogP contribution >= 0.6 is 0 Å². The van der Waals surface area contributed by atoms with Gasteiger partial charge in [-0.1, -0.05) is 18.6 Å².